The van der Waals surface area contributed by atoms with Gasteiger partial charge in [-0.1, -0.05) is 6.92 Å². The number of fused-ring (bicyclic) bond motifs is 1. The lowest BCUT2D eigenvalue weighted by atomic mass is 9.83. The van der Waals surface area contributed by atoms with Crippen LogP contribution < -0.4 is 0 Å². The molecule has 4 heterocycles. The van der Waals surface area contributed by atoms with Gasteiger partial charge >= 0.3 is 0 Å². The Kier molecular flexibility index (Phi) is 3.23. The Morgan fingerprint density at radius 3 is 2.91 bits per heavy atom. The Bertz CT molecular complexity index is 728. The molecule has 0 bridgehead atoms. The molecular weight excluding hydrogens is 290 g/mol. The molecule has 2 aromatic heterocycles. The fourth-order valence-electron chi connectivity index (χ4n) is 4.05. The van der Waals surface area contributed by atoms with Crippen LogP contribution in [-0.4, -0.2) is 63.7 Å². The quantitative estimate of drug-likeness (QED) is 0.839. The predicted octanol–water partition coefficient (Wildman–Crippen LogP) is 1.29. The van der Waals surface area contributed by atoms with Gasteiger partial charge in [0.1, 0.15) is 5.69 Å². The molecule has 2 saturated heterocycles. The minimum absolute atomic E-state index is 0.0253. The molecule has 2 aliphatic heterocycles. The van der Waals surface area contributed by atoms with Crippen LogP contribution in [0.25, 0.3) is 5.69 Å². The summed E-state index contributed by atoms with van der Waals surface area (Å²) in [6, 6.07) is 5.54. The lowest BCUT2D eigenvalue weighted by molar-refractivity contribution is 0.0759. The molecule has 120 valence electrons. The van der Waals surface area contributed by atoms with E-state index < -0.39 is 0 Å². The summed E-state index contributed by atoms with van der Waals surface area (Å²) in [5.74, 6) is 0.586. The molecule has 0 aliphatic carbocycles. The van der Waals surface area contributed by atoms with Crippen LogP contribution in [0.3, 0.4) is 0 Å². The highest BCUT2D eigenvalue weighted by Crippen LogP contribution is 2.41. The van der Waals surface area contributed by atoms with E-state index in [1.165, 1.54) is 0 Å². The fraction of sp³-hybridized carbons (Fsp3) is 0.471. The van der Waals surface area contributed by atoms with E-state index in [2.05, 4.69) is 29.0 Å². The molecule has 0 unspecified atom stereocenters. The van der Waals surface area contributed by atoms with Gasteiger partial charge in [-0.15, -0.1) is 0 Å². The van der Waals surface area contributed by atoms with E-state index in [0.29, 0.717) is 11.6 Å². The standard InChI is InChI=1S/C17H21N5O/c1-17-11-20(2)9-13(17)10-21(12-17)16(23)15-8-14(4-6-18-15)22-7-3-5-19-22/h3-8,13H,9-12H2,1-2H3/t13-,17+/m1/s1. The van der Waals surface area contributed by atoms with Gasteiger partial charge in [0.2, 0.25) is 0 Å². The maximum atomic E-state index is 12.8. The van der Waals surface area contributed by atoms with Crippen molar-refractivity contribution in [2.24, 2.45) is 11.3 Å². The van der Waals surface area contributed by atoms with Gasteiger partial charge < -0.3 is 9.80 Å². The summed E-state index contributed by atoms with van der Waals surface area (Å²) in [6.45, 7) is 6.06. The van der Waals surface area contributed by atoms with Crippen LogP contribution in [0.15, 0.2) is 36.8 Å². The molecule has 6 nitrogen and oxygen atoms in total. The molecule has 2 aromatic rings. The van der Waals surface area contributed by atoms with E-state index >= 15 is 0 Å². The molecule has 2 aliphatic rings. The molecular formula is C17H21N5O. The summed E-state index contributed by atoms with van der Waals surface area (Å²) in [5, 5.41) is 4.21. The molecule has 0 radical (unpaired) electrons. The molecule has 1 amide bonds. The molecule has 2 atom stereocenters. The molecule has 0 aromatic carbocycles. The van der Waals surface area contributed by atoms with E-state index in [0.717, 1.165) is 31.9 Å². The van der Waals surface area contributed by atoms with Crippen LogP contribution in [0.4, 0.5) is 0 Å². The topological polar surface area (TPSA) is 54.3 Å². The molecule has 6 heteroatoms. The Labute approximate surface area is 135 Å². The molecule has 0 spiro atoms. The van der Waals surface area contributed by atoms with Gasteiger partial charge in [0.15, 0.2) is 0 Å². The van der Waals surface area contributed by atoms with Crippen molar-refractivity contribution in [1.82, 2.24) is 24.6 Å². The van der Waals surface area contributed by atoms with Gasteiger partial charge in [-0.3, -0.25) is 9.78 Å². The van der Waals surface area contributed by atoms with Gasteiger partial charge in [-0.2, -0.15) is 5.10 Å². The van der Waals surface area contributed by atoms with Crippen molar-refractivity contribution in [3.8, 4) is 5.69 Å². The zero-order chi connectivity index (χ0) is 16.0. The van der Waals surface area contributed by atoms with E-state index in [1.807, 2.05) is 29.3 Å². The minimum atomic E-state index is 0.0253. The zero-order valence-corrected chi connectivity index (χ0v) is 13.5. The fourth-order valence-corrected chi connectivity index (χ4v) is 4.05. The summed E-state index contributed by atoms with van der Waals surface area (Å²) in [7, 11) is 2.16. The second-order valence-corrected chi connectivity index (χ2v) is 7.08. The largest absolute Gasteiger partial charge is 0.336 e. The number of hydrogen-bond donors (Lipinski definition) is 0. The normalized spacial score (nSPS) is 27.4. The van der Waals surface area contributed by atoms with Crippen molar-refractivity contribution in [3.63, 3.8) is 0 Å². The number of hydrogen-bond acceptors (Lipinski definition) is 4. The third-order valence-electron chi connectivity index (χ3n) is 5.16. The Hall–Kier alpha value is -2.21. The number of aromatic nitrogens is 3. The van der Waals surface area contributed by atoms with Crippen molar-refractivity contribution < 1.29 is 4.79 Å². The minimum Gasteiger partial charge on any atom is -0.336 e. The van der Waals surface area contributed by atoms with Gasteiger partial charge in [-0.25, -0.2) is 4.68 Å². The third kappa shape index (κ3) is 2.43. The van der Waals surface area contributed by atoms with Crippen LogP contribution >= 0.6 is 0 Å². The lowest BCUT2D eigenvalue weighted by Gasteiger charge is -2.23. The van der Waals surface area contributed by atoms with Crippen LogP contribution in [0, 0.1) is 11.3 Å². The maximum absolute atomic E-state index is 12.8. The highest BCUT2D eigenvalue weighted by Gasteiger charge is 2.49. The van der Waals surface area contributed by atoms with Crippen molar-refractivity contribution in [2.45, 2.75) is 6.92 Å². The second kappa shape index (κ2) is 5.16. The third-order valence-corrected chi connectivity index (χ3v) is 5.16. The summed E-state index contributed by atoms with van der Waals surface area (Å²) in [4.78, 5) is 21.5. The average molecular weight is 311 g/mol. The monoisotopic (exact) mass is 311 g/mol. The molecule has 2 fully saturated rings. The van der Waals surface area contributed by atoms with Crippen LogP contribution in [0.1, 0.15) is 17.4 Å². The average Bonchev–Trinajstić information content (AvgIpc) is 3.20. The smallest absolute Gasteiger partial charge is 0.272 e. The molecule has 4 rings (SSSR count). The Morgan fingerprint density at radius 2 is 2.17 bits per heavy atom. The number of likely N-dealkylation sites (tertiary alicyclic amines) is 2. The number of rotatable bonds is 2. The van der Waals surface area contributed by atoms with Crippen molar-refractivity contribution >= 4 is 5.91 Å². The summed E-state index contributed by atoms with van der Waals surface area (Å²) in [6.07, 6.45) is 5.26. The number of nitrogens with zero attached hydrogens (tertiary/aromatic N) is 5. The first kappa shape index (κ1) is 14.4. The van der Waals surface area contributed by atoms with Gasteiger partial charge in [0.25, 0.3) is 5.91 Å². The highest BCUT2D eigenvalue weighted by atomic mass is 16.2. The van der Waals surface area contributed by atoms with E-state index in [4.69, 9.17) is 0 Å². The van der Waals surface area contributed by atoms with Crippen molar-refractivity contribution in [3.05, 3.63) is 42.5 Å². The first-order valence-corrected chi connectivity index (χ1v) is 7.99. The maximum Gasteiger partial charge on any atom is 0.272 e. The SMILES string of the molecule is CN1C[C@@H]2CN(C(=O)c3cc(-n4cccn4)ccn3)C[C@]2(C)C1. The molecule has 23 heavy (non-hydrogen) atoms. The van der Waals surface area contributed by atoms with E-state index in [9.17, 15) is 4.79 Å². The summed E-state index contributed by atoms with van der Waals surface area (Å²) in [5.41, 5.74) is 1.57. The summed E-state index contributed by atoms with van der Waals surface area (Å²) >= 11 is 0. The van der Waals surface area contributed by atoms with Crippen LogP contribution in [-0.2, 0) is 0 Å². The first-order valence-electron chi connectivity index (χ1n) is 7.99. The first-order chi connectivity index (χ1) is 11.0. The Balaban J connectivity index is 1.56. The highest BCUT2D eigenvalue weighted by molar-refractivity contribution is 5.93. The zero-order valence-electron chi connectivity index (χ0n) is 13.5. The van der Waals surface area contributed by atoms with Crippen LogP contribution in [0.2, 0.25) is 0 Å². The second-order valence-electron chi connectivity index (χ2n) is 7.08. The lowest BCUT2D eigenvalue weighted by Crippen LogP contribution is -2.35. The van der Waals surface area contributed by atoms with Gasteiger partial charge in [0, 0.05) is 50.2 Å². The number of amides is 1. The van der Waals surface area contributed by atoms with Gasteiger partial charge in [-0.05, 0) is 31.2 Å². The number of carbonyl (C=O) groups is 1. The molecule has 0 N–H and O–H groups in total. The van der Waals surface area contributed by atoms with Gasteiger partial charge in [0.05, 0.1) is 5.69 Å². The summed E-state index contributed by atoms with van der Waals surface area (Å²) < 4.78 is 1.74. The molecule has 0 saturated carbocycles. The van der Waals surface area contributed by atoms with E-state index in [-0.39, 0.29) is 11.3 Å². The van der Waals surface area contributed by atoms with Crippen molar-refractivity contribution in [2.75, 3.05) is 33.2 Å². The number of carbonyl (C=O) groups excluding carboxylic acids is 1. The number of pyridine rings is 1. The van der Waals surface area contributed by atoms with E-state index in [1.54, 1.807) is 17.1 Å². The van der Waals surface area contributed by atoms with Crippen LogP contribution in [0.5, 0.6) is 0 Å². The predicted molar refractivity (Wildman–Crippen MR) is 86.4 cm³/mol. The Morgan fingerprint density at radius 1 is 1.30 bits per heavy atom. The van der Waals surface area contributed by atoms with Crippen molar-refractivity contribution in [1.29, 1.82) is 0 Å².